The Morgan fingerprint density at radius 2 is 1.70 bits per heavy atom. The molecule has 0 amide bonds. The highest BCUT2D eigenvalue weighted by molar-refractivity contribution is 5.61. The fourth-order valence-corrected chi connectivity index (χ4v) is 1.77. The molecule has 0 saturated heterocycles. The number of aromatic nitrogens is 1. The molecule has 0 spiro atoms. The number of benzene rings is 1. The Hall–Kier alpha value is -2.24. The standard InChI is InChI=1S/C14H14F3N3/c1-9-3-5-11(6-4-9)20(2)13-8-10(14(15,16)17)7-12(18)19-13/h3-8H,1-2H3,(H2,18,19). The summed E-state index contributed by atoms with van der Waals surface area (Å²) in [6.45, 7) is 1.93. The van der Waals surface area contributed by atoms with E-state index in [0.717, 1.165) is 23.4 Å². The Kier molecular flexibility index (Phi) is 3.57. The number of anilines is 3. The monoisotopic (exact) mass is 281 g/mol. The summed E-state index contributed by atoms with van der Waals surface area (Å²) in [6, 6.07) is 9.19. The molecule has 0 aliphatic heterocycles. The molecule has 106 valence electrons. The van der Waals surface area contributed by atoms with E-state index in [1.807, 2.05) is 31.2 Å². The molecule has 0 atom stereocenters. The average molecular weight is 281 g/mol. The lowest BCUT2D eigenvalue weighted by atomic mass is 10.2. The van der Waals surface area contributed by atoms with Crippen molar-refractivity contribution < 1.29 is 13.2 Å². The third-order valence-corrected chi connectivity index (χ3v) is 2.92. The van der Waals surface area contributed by atoms with Gasteiger partial charge in [0.05, 0.1) is 5.56 Å². The normalized spacial score (nSPS) is 11.4. The van der Waals surface area contributed by atoms with Gasteiger partial charge in [-0.3, -0.25) is 0 Å². The minimum atomic E-state index is -4.44. The van der Waals surface area contributed by atoms with Crippen molar-refractivity contribution in [1.29, 1.82) is 0 Å². The van der Waals surface area contributed by atoms with E-state index in [-0.39, 0.29) is 11.6 Å². The highest BCUT2D eigenvalue weighted by atomic mass is 19.4. The number of hydrogen-bond acceptors (Lipinski definition) is 3. The molecule has 0 unspecified atom stereocenters. The summed E-state index contributed by atoms with van der Waals surface area (Å²) in [5.74, 6) is -0.00466. The van der Waals surface area contributed by atoms with Gasteiger partial charge in [0.1, 0.15) is 11.6 Å². The second-order valence-corrected chi connectivity index (χ2v) is 4.53. The first-order chi connectivity index (χ1) is 9.27. The molecule has 20 heavy (non-hydrogen) atoms. The van der Waals surface area contributed by atoms with Crippen LogP contribution >= 0.6 is 0 Å². The minimum Gasteiger partial charge on any atom is -0.384 e. The second-order valence-electron chi connectivity index (χ2n) is 4.53. The van der Waals surface area contributed by atoms with Gasteiger partial charge in [0, 0.05) is 12.7 Å². The van der Waals surface area contributed by atoms with Crippen LogP contribution < -0.4 is 10.6 Å². The molecule has 0 bridgehead atoms. The van der Waals surface area contributed by atoms with Crippen molar-refractivity contribution in [2.24, 2.45) is 0 Å². The fraction of sp³-hybridized carbons (Fsp3) is 0.214. The summed E-state index contributed by atoms with van der Waals surface area (Å²) >= 11 is 0. The number of aryl methyl sites for hydroxylation is 1. The van der Waals surface area contributed by atoms with Gasteiger partial charge in [-0.1, -0.05) is 17.7 Å². The molecule has 2 rings (SSSR count). The molecule has 0 fully saturated rings. The van der Waals surface area contributed by atoms with Crippen LogP contribution in [0.5, 0.6) is 0 Å². The molecule has 2 aromatic rings. The maximum absolute atomic E-state index is 12.8. The predicted octanol–water partition coefficient (Wildman–Crippen LogP) is 3.76. The second kappa shape index (κ2) is 5.03. The molecule has 2 N–H and O–H groups in total. The van der Waals surface area contributed by atoms with Crippen LogP contribution in [0.2, 0.25) is 0 Å². The zero-order valence-electron chi connectivity index (χ0n) is 11.1. The maximum Gasteiger partial charge on any atom is 0.416 e. The molecule has 1 aromatic heterocycles. The minimum absolute atomic E-state index is 0.154. The Morgan fingerprint density at radius 3 is 2.25 bits per heavy atom. The molecule has 3 nitrogen and oxygen atoms in total. The Bertz CT molecular complexity index is 606. The van der Waals surface area contributed by atoms with Crippen molar-refractivity contribution in [3.8, 4) is 0 Å². The summed E-state index contributed by atoms with van der Waals surface area (Å²) < 4.78 is 38.3. The van der Waals surface area contributed by atoms with Crippen LogP contribution in [0.15, 0.2) is 36.4 Å². The SMILES string of the molecule is Cc1ccc(N(C)c2cc(C(F)(F)F)cc(N)n2)cc1. The third kappa shape index (κ3) is 3.01. The molecule has 1 heterocycles. The zero-order valence-corrected chi connectivity index (χ0v) is 11.1. The number of pyridine rings is 1. The van der Waals surface area contributed by atoms with Gasteiger partial charge in [0.15, 0.2) is 0 Å². The average Bonchev–Trinajstić information content (AvgIpc) is 2.37. The largest absolute Gasteiger partial charge is 0.416 e. The van der Waals surface area contributed by atoms with Gasteiger partial charge in [-0.2, -0.15) is 13.2 Å². The van der Waals surface area contributed by atoms with E-state index < -0.39 is 11.7 Å². The quantitative estimate of drug-likeness (QED) is 0.911. The van der Waals surface area contributed by atoms with Crippen molar-refractivity contribution in [1.82, 2.24) is 4.98 Å². The third-order valence-electron chi connectivity index (χ3n) is 2.92. The summed E-state index contributed by atoms with van der Waals surface area (Å²) in [5.41, 5.74) is 6.46. The van der Waals surface area contributed by atoms with Crippen LogP contribution in [0.1, 0.15) is 11.1 Å². The van der Waals surface area contributed by atoms with Gasteiger partial charge in [0.2, 0.25) is 0 Å². The van der Waals surface area contributed by atoms with Gasteiger partial charge in [-0.15, -0.1) is 0 Å². The molecular weight excluding hydrogens is 267 g/mol. The van der Waals surface area contributed by atoms with E-state index >= 15 is 0 Å². The number of nitrogens with zero attached hydrogens (tertiary/aromatic N) is 2. The van der Waals surface area contributed by atoms with E-state index in [9.17, 15) is 13.2 Å². The van der Waals surface area contributed by atoms with Crippen LogP contribution in [0, 0.1) is 6.92 Å². The van der Waals surface area contributed by atoms with E-state index in [1.54, 1.807) is 11.9 Å². The van der Waals surface area contributed by atoms with E-state index in [4.69, 9.17) is 5.73 Å². The first-order valence-electron chi connectivity index (χ1n) is 5.92. The predicted molar refractivity (Wildman–Crippen MR) is 72.9 cm³/mol. The molecule has 0 aliphatic carbocycles. The first kappa shape index (κ1) is 14.2. The topological polar surface area (TPSA) is 42.1 Å². The molecule has 0 saturated carbocycles. The van der Waals surface area contributed by atoms with Crippen LogP contribution in [0.4, 0.5) is 30.5 Å². The number of nitrogens with two attached hydrogens (primary N) is 1. The first-order valence-corrected chi connectivity index (χ1v) is 5.92. The molecule has 1 aromatic carbocycles. The van der Waals surface area contributed by atoms with E-state index in [0.29, 0.717) is 0 Å². The molecule has 0 radical (unpaired) electrons. The van der Waals surface area contributed by atoms with Crippen molar-refractivity contribution in [2.75, 3.05) is 17.7 Å². The van der Waals surface area contributed by atoms with Crippen molar-refractivity contribution in [3.05, 3.63) is 47.5 Å². The van der Waals surface area contributed by atoms with Gasteiger partial charge < -0.3 is 10.6 Å². The van der Waals surface area contributed by atoms with Crippen molar-refractivity contribution in [3.63, 3.8) is 0 Å². The Balaban J connectivity index is 2.42. The van der Waals surface area contributed by atoms with Crippen molar-refractivity contribution in [2.45, 2.75) is 13.1 Å². The highest BCUT2D eigenvalue weighted by Crippen LogP contribution is 2.33. The molecule has 6 heteroatoms. The fourth-order valence-electron chi connectivity index (χ4n) is 1.77. The number of hydrogen-bond donors (Lipinski definition) is 1. The smallest absolute Gasteiger partial charge is 0.384 e. The van der Waals surface area contributed by atoms with Crippen LogP contribution in [0.3, 0.4) is 0 Å². The lowest BCUT2D eigenvalue weighted by Crippen LogP contribution is -2.14. The number of rotatable bonds is 2. The van der Waals surface area contributed by atoms with E-state index in [2.05, 4.69) is 4.98 Å². The summed E-state index contributed by atoms with van der Waals surface area (Å²) in [7, 11) is 1.65. The maximum atomic E-state index is 12.8. The van der Waals surface area contributed by atoms with Crippen molar-refractivity contribution >= 4 is 17.3 Å². The zero-order chi connectivity index (χ0) is 14.9. The van der Waals surface area contributed by atoms with Crippen LogP contribution in [0.25, 0.3) is 0 Å². The summed E-state index contributed by atoms with van der Waals surface area (Å²) in [6.07, 6.45) is -4.44. The van der Waals surface area contributed by atoms with Crippen LogP contribution in [-0.2, 0) is 6.18 Å². The van der Waals surface area contributed by atoms with Crippen LogP contribution in [-0.4, -0.2) is 12.0 Å². The van der Waals surface area contributed by atoms with Gasteiger partial charge in [-0.05, 0) is 31.2 Å². The van der Waals surface area contributed by atoms with Gasteiger partial charge >= 0.3 is 6.18 Å². The molecule has 0 aliphatic rings. The Labute approximate surface area is 114 Å². The highest BCUT2D eigenvalue weighted by Gasteiger charge is 2.31. The lowest BCUT2D eigenvalue weighted by Gasteiger charge is -2.20. The van der Waals surface area contributed by atoms with Gasteiger partial charge in [-0.25, -0.2) is 4.98 Å². The van der Waals surface area contributed by atoms with Gasteiger partial charge in [0.25, 0.3) is 0 Å². The number of nitrogen functional groups attached to an aromatic ring is 1. The van der Waals surface area contributed by atoms with E-state index in [1.165, 1.54) is 0 Å². The molecular formula is C14H14F3N3. The lowest BCUT2D eigenvalue weighted by molar-refractivity contribution is -0.137. The number of alkyl halides is 3. The number of halogens is 3. The Morgan fingerprint density at radius 1 is 1.10 bits per heavy atom. The summed E-state index contributed by atoms with van der Waals surface area (Å²) in [4.78, 5) is 5.51. The summed E-state index contributed by atoms with van der Waals surface area (Å²) in [5, 5.41) is 0.